The second-order valence-corrected chi connectivity index (χ2v) is 5.63. The minimum atomic E-state index is -0.0411. The van der Waals surface area contributed by atoms with Gasteiger partial charge >= 0.3 is 0 Å². The number of rotatable bonds is 5. The molecule has 21 heavy (non-hydrogen) atoms. The highest BCUT2D eigenvalue weighted by Gasteiger charge is 2.15. The Bertz CT molecular complexity index is 657. The minimum absolute atomic E-state index is 0.0140. The van der Waals surface area contributed by atoms with Crippen LogP contribution < -0.4 is 10.5 Å². The molecule has 114 valence electrons. The Morgan fingerprint density at radius 2 is 2.05 bits per heavy atom. The van der Waals surface area contributed by atoms with Crippen molar-refractivity contribution >= 4 is 11.0 Å². The van der Waals surface area contributed by atoms with Gasteiger partial charge in [-0.25, -0.2) is 9.67 Å². The fraction of sp³-hybridized carbons (Fsp3) is 0.643. The van der Waals surface area contributed by atoms with Gasteiger partial charge in [0.1, 0.15) is 11.7 Å². The highest BCUT2D eigenvalue weighted by Crippen LogP contribution is 2.04. The van der Waals surface area contributed by atoms with Crippen LogP contribution in [0.3, 0.4) is 0 Å². The number of nitrogens with zero attached hydrogens (tertiary/aromatic N) is 4. The van der Waals surface area contributed by atoms with Gasteiger partial charge in [-0.05, 0) is 19.3 Å². The van der Waals surface area contributed by atoms with E-state index in [2.05, 4.69) is 10.1 Å². The third-order valence-electron chi connectivity index (χ3n) is 4.20. The van der Waals surface area contributed by atoms with Crippen LogP contribution in [0.15, 0.2) is 17.3 Å². The maximum absolute atomic E-state index is 12.4. The highest BCUT2D eigenvalue weighted by molar-refractivity contribution is 5.72. The lowest BCUT2D eigenvalue weighted by molar-refractivity contribution is -0.905. The Kier molecular flexibility index (Phi) is 4.31. The van der Waals surface area contributed by atoms with Gasteiger partial charge in [0.25, 0.3) is 5.56 Å². The standard InChI is InChI=1S/C14H21N5O2/c20-9-8-19-13-12(10-16-19)14(21)18(11-15-13)7-6-17-4-2-1-3-5-17/h10-11,20H,1-9H2/p+1. The molecule has 0 radical (unpaired) electrons. The van der Waals surface area contributed by atoms with Crippen LogP contribution in [0, 0.1) is 0 Å². The molecule has 0 atom stereocenters. The zero-order chi connectivity index (χ0) is 14.7. The first-order chi connectivity index (χ1) is 10.3. The van der Waals surface area contributed by atoms with Crippen LogP contribution in [0.1, 0.15) is 19.3 Å². The molecule has 2 aromatic heterocycles. The quantitative estimate of drug-likeness (QED) is 0.715. The summed E-state index contributed by atoms with van der Waals surface area (Å²) in [6, 6.07) is 0. The molecule has 3 rings (SSSR count). The number of aliphatic hydroxyl groups is 1. The highest BCUT2D eigenvalue weighted by atomic mass is 16.3. The molecular formula is C14H22N5O2+. The second-order valence-electron chi connectivity index (χ2n) is 5.63. The van der Waals surface area contributed by atoms with Crippen molar-refractivity contribution in [3.05, 3.63) is 22.9 Å². The first-order valence-electron chi connectivity index (χ1n) is 7.65. The van der Waals surface area contributed by atoms with Crippen LogP contribution in [0.25, 0.3) is 11.0 Å². The normalized spacial score (nSPS) is 16.6. The van der Waals surface area contributed by atoms with Gasteiger partial charge in [-0.3, -0.25) is 9.36 Å². The summed E-state index contributed by atoms with van der Waals surface area (Å²) >= 11 is 0. The van der Waals surface area contributed by atoms with Crippen molar-refractivity contribution in [1.82, 2.24) is 19.3 Å². The number of nitrogens with one attached hydrogen (secondary N) is 1. The van der Waals surface area contributed by atoms with Gasteiger partial charge in [0, 0.05) is 0 Å². The summed E-state index contributed by atoms with van der Waals surface area (Å²) in [6.45, 7) is 4.43. The zero-order valence-corrected chi connectivity index (χ0v) is 12.2. The number of aromatic nitrogens is 4. The molecule has 0 spiro atoms. The topological polar surface area (TPSA) is 77.4 Å². The summed E-state index contributed by atoms with van der Waals surface area (Å²) in [5.41, 5.74) is 0.510. The molecule has 0 saturated carbocycles. The van der Waals surface area contributed by atoms with Crippen LogP contribution in [0.2, 0.25) is 0 Å². The lowest BCUT2D eigenvalue weighted by Crippen LogP contribution is -3.13. The van der Waals surface area contributed by atoms with Crippen LogP contribution in [-0.4, -0.2) is 50.7 Å². The molecule has 1 saturated heterocycles. The van der Waals surface area contributed by atoms with Crippen molar-refractivity contribution < 1.29 is 10.0 Å². The smallest absolute Gasteiger partial charge is 0.264 e. The van der Waals surface area contributed by atoms with E-state index in [1.807, 2.05) is 0 Å². The van der Waals surface area contributed by atoms with E-state index in [4.69, 9.17) is 5.11 Å². The molecule has 0 unspecified atom stereocenters. The third-order valence-corrected chi connectivity index (χ3v) is 4.20. The molecule has 7 nitrogen and oxygen atoms in total. The molecule has 0 aromatic carbocycles. The van der Waals surface area contributed by atoms with Gasteiger partial charge < -0.3 is 10.0 Å². The number of likely N-dealkylation sites (tertiary alicyclic amines) is 1. The number of quaternary nitrogens is 1. The van der Waals surface area contributed by atoms with Crippen LogP contribution in [-0.2, 0) is 13.1 Å². The first-order valence-corrected chi connectivity index (χ1v) is 7.65. The molecule has 0 aliphatic carbocycles. The van der Waals surface area contributed by atoms with Gasteiger partial charge in [0.2, 0.25) is 0 Å². The van der Waals surface area contributed by atoms with Crippen molar-refractivity contribution in [2.75, 3.05) is 26.2 Å². The van der Waals surface area contributed by atoms with Crippen molar-refractivity contribution in [2.24, 2.45) is 0 Å². The van der Waals surface area contributed by atoms with Crippen molar-refractivity contribution in [3.63, 3.8) is 0 Å². The second kappa shape index (κ2) is 6.36. The first kappa shape index (κ1) is 14.2. The van der Waals surface area contributed by atoms with Crippen molar-refractivity contribution in [1.29, 1.82) is 0 Å². The lowest BCUT2D eigenvalue weighted by atomic mass is 10.1. The number of aliphatic hydroxyl groups excluding tert-OH is 1. The van der Waals surface area contributed by atoms with E-state index in [0.717, 1.165) is 6.54 Å². The number of piperidine rings is 1. The fourth-order valence-electron chi connectivity index (χ4n) is 3.00. The van der Waals surface area contributed by atoms with Gasteiger partial charge in [-0.15, -0.1) is 0 Å². The Hall–Kier alpha value is -1.73. The summed E-state index contributed by atoms with van der Waals surface area (Å²) in [5.74, 6) is 0. The van der Waals surface area contributed by atoms with E-state index in [-0.39, 0.29) is 12.2 Å². The fourth-order valence-corrected chi connectivity index (χ4v) is 3.00. The molecule has 2 N–H and O–H groups in total. The van der Waals surface area contributed by atoms with E-state index in [9.17, 15) is 4.79 Å². The van der Waals surface area contributed by atoms with Gasteiger partial charge in [0.05, 0.1) is 45.5 Å². The third kappa shape index (κ3) is 2.98. The van der Waals surface area contributed by atoms with E-state index >= 15 is 0 Å². The Morgan fingerprint density at radius 3 is 2.81 bits per heavy atom. The van der Waals surface area contributed by atoms with Crippen molar-refractivity contribution in [2.45, 2.75) is 32.4 Å². The lowest BCUT2D eigenvalue weighted by Gasteiger charge is -2.23. The predicted molar refractivity (Wildman–Crippen MR) is 78.3 cm³/mol. The average Bonchev–Trinajstić information content (AvgIpc) is 2.92. The van der Waals surface area contributed by atoms with Gasteiger partial charge in [-0.2, -0.15) is 5.10 Å². The molecule has 1 aliphatic heterocycles. The predicted octanol–water partition coefficient (Wildman–Crippen LogP) is -1.35. The Labute approximate surface area is 122 Å². The van der Waals surface area contributed by atoms with E-state index < -0.39 is 0 Å². The van der Waals surface area contributed by atoms with E-state index in [1.54, 1.807) is 26.7 Å². The molecule has 1 fully saturated rings. The maximum Gasteiger partial charge on any atom is 0.264 e. The van der Waals surface area contributed by atoms with Crippen LogP contribution >= 0.6 is 0 Å². The summed E-state index contributed by atoms with van der Waals surface area (Å²) in [7, 11) is 0. The molecule has 0 bridgehead atoms. The summed E-state index contributed by atoms with van der Waals surface area (Å²) < 4.78 is 3.24. The van der Waals surface area contributed by atoms with Gasteiger partial charge in [-0.1, -0.05) is 0 Å². The Balaban J connectivity index is 1.76. The number of hydrogen-bond acceptors (Lipinski definition) is 4. The van der Waals surface area contributed by atoms with Gasteiger partial charge in [0.15, 0.2) is 5.65 Å². The zero-order valence-electron chi connectivity index (χ0n) is 12.2. The SMILES string of the molecule is O=c1c2cnn(CCO)c2ncn1CC[NH+]1CCCCC1. The average molecular weight is 292 g/mol. The van der Waals surface area contributed by atoms with Crippen LogP contribution in [0.4, 0.5) is 0 Å². The molecule has 1 aliphatic rings. The maximum atomic E-state index is 12.4. The molecule has 0 amide bonds. The molecular weight excluding hydrogens is 270 g/mol. The number of hydrogen-bond donors (Lipinski definition) is 2. The van der Waals surface area contributed by atoms with Crippen molar-refractivity contribution in [3.8, 4) is 0 Å². The minimum Gasteiger partial charge on any atom is -0.394 e. The molecule has 7 heteroatoms. The Morgan fingerprint density at radius 1 is 1.24 bits per heavy atom. The van der Waals surface area contributed by atoms with E-state index in [0.29, 0.717) is 24.1 Å². The summed E-state index contributed by atoms with van der Waals surface area (Å²) in [6.07, 6.45) is 7.06. The molecule has 2 aromatic rings. The monoisotopic (exact) mass is 292 g/mol. The summed E-state index contributed by atoms with van der Waals surface area (Å²) in [5, 5.41) is 13.6. The van der Waals surface area contributed by atoms with Crippen LogP contribution in [0.5, 0.6) is 0 Å². The summed E-state index contributed by atoms with van der Waals surface area (Å²) in [4.78, 5) is 18.3. The number of fused-ring (bicyclic) bond motifs is 1. The van der Waals surface area contributed by atoms with E-state index in [1.165, 1.54) is 32.4 Å². The largest absolute Gasteiger partial charge is 0.394 e. The molecule has 3 heterocycles.